The fourth-order valence-corrected chi connectivity index (χ4v) is 3.66. The molecule has 0 fully saturated rings. The van der Waals surface area contributed by atoms with Crippen LogP contribution in [0.4, 0.5) is 24.5 Å². The quantitative estimate of drug-likeness (QED) is 0.869. The number of halogens is 3. The van der Waals surface area contributed by atoms with Gasteiger partial charge in [0.2, 0.25) is 0 Å². The summed E-state index contributed by atoms with van der Waals surface area (Å²) in [6.07, 6.45) is -2.55. The average molecular weight is 313 g/mol. The number of anilines is 2. The van der Waals surface area contributed by atoms with Crippen molar-refractivity contribution < 1.29 is 13.2 Å². The standard InChI is InChI=1S/C14H14F3N3S/c1-8-9-3-5-21-12(9)2-4-20(8)11-6-13(14(15,16)17)19-7-10(11)18/h3,5-8H,2,4,18H2,1H3. The molecule has 0 aliphatic carbocycles. The Bertz CT molecular complexity index is 666. The molecule has 2 N–H and O–H groups in total. The summed E-state index contributed by atoms with van der Waals surface area (Å²) in [6.45, 7) is 2.64. The minimum Gasteiger partial charge on any atom is -0.396 e. The molecule has 1 aliphatic rings. The maximum atomic E-state index is 12.8. The van der Waals surface area contributed by atoms with Gasteiger partial charge in [0, 0.05) is 11.4 Å². The molecule has 3 rings (SSSR count). The number of nitrogens with zero attached hydrogens (tertiary/aromatic N) is 2. The van der Waals surface area contributed by atoms with Crippen molar-refractivity contribution in [3.05, 3.63) is 39.8 Å². The van der Waals surface area contributed by atoms with Gasteiger partial charge in [0.25, 0.3) is 0 Å². The molecule has 0 bridgehead atoms. The monoisotopic (exact) mass is 313 g/mol. The van der Waals surface area contributed by atoms with Gasteiger partial charge in [-0.3, -0.25) is 0 Å². The second kappa shape index (κ2) is 4.91. The molecule has 3 nitrogen and oxygen atoms in total. The molecular formula is C14H14F3N3S. The number of nitrogens with two attached hydrogens (primary N) is 1. The van der Waals surface area contributed by atoms with Crippen molar-refractivity contribution in [2.24, 2.45) is 0 Å². The van der Waals surface area contributed by atoms with E-state index in [1.165, 1.54) is 4.88 Å². The van der Waals surface area contributed by atoms with Gasteiger partial charge in [0.1, 0.15) is 5.69 Å². The first-order valence-electron chi connectivity index (χ1n) is 6.53. The van der Waals surface area contributed by atoms with Crippen molar-refractivity contribution in [3.63, 3.8) is 0 Å². The van der Waals surface area contributed by atoms with E-state index in [-0.39, 0.29) is 11.7 Å². The largest absolute Gasteiger partial charge is 0.433 e. The van der Waals surface area contributed by atoms with E-state index >= 15 is 0 Å². The number of thiophene rings is 1. The van der Waals surface area contributed by atoms with Gasteiger partial charge >= 0.3 is 6.18 Å². The third kappa shape index (κ3) is 2.46. The maximum Gasteiger partial charge on any atom is 0.433 e. The molecule has 1 aliphatic heterocycles. The molecule has 0 saturated carbocycles. The Labute approximate surface area is 124 Å². The summed E-state index contributed by atoms with van der Waals surface area (Å²) >= 11 is 1.69. The molecule has 0 radical (unpaired) electrons. The number of nitrogen functional groups attached to an aromatic ring is 1. The summed E-state index contributed by atoms with van der Waals surface area (Å²) in [5.41, 5.74) is 6.78. The van der Waals surface area contributed by atoms with Crippen LogP contribution in [0.3, 0.4) is 0 Å². The van der Waals surface area contributed by atoms with E-state index in [0.29, 0.717) is 12.2 Å². The highest BCUT2D eigenvalue weighted by molar-refractivity contribution is 7.10. The SMILES string of the molecule is CC1c2ccsc2CCN1c1cc(C(F)(F)F)ncc1N. The number of fused-ring (bicyclic) bond motifs is 1. The van der Waals surface area contributed by atoms with Crippen LogP contribution in [0.2, 0.25) is 0 Å². The Morgan fingerprint density at radius 2 is 2.19 bits per heavy atom. The predicted octanol–water partition coefficient (Wildman–Crippen LogP) is 3.87. The third-order valence-electron chi connectivity index (χ3n) is 3.79. The number of hydrogen-bond donors (Lipinski definition) is 1. The Hall–Kier alpha value is -1.76. The first kappa shape index (κ1) is 14.2. The van der Waals surface area contributed by atoms with Crippen LogP contribution in [0.25, 0.3) is 0 Å². The van der Waals surface area contributed by atoms with Gasteiger partial charge in [-0.15, -0.1) is 11.3 Å². The predicted molar refractivity (Wildman–Crippen MR) is 77.4 cm³/mol. The molecule has 0 spiro atoms. The molecule has 2 aromatic rings. The lowest BCUT2D eigenvalue weighted by Gasteiger charge is -2.36. The van der Waals surface area contributed by atoms with Gasteiger partial charge in [-0.1, -0.05) is 0 Å². The van der Waals surface area contributed by atoms with Crippen molar-refractivity contribution >= 4 is 22.7 Å². The molecule has 112 valence electrons. The number of rotatable bonds is 1. The van der Waals surface area contributed by atoms with Gasteiger partial charge in [-0.2, -0.15) is 13.2 Å². The number of hydrogen-bond acceptors (Lipinski definition) is 4. The maximum absolute atomic E-state index is 12.8. The van der Waals surface area contributed by atoms with Crippen LogP contribution < -0.4 is 10.6 Å². The Kier molecular flexibility index (Phi) is 3.32. The van der Waals surface area contributed by atoms with Gasteiger partial charge in [-0.25, -0.2) is 4.98 Å². The van der Waals surface area contributed by atoms with Gasteiger partial charge < -0.3 is 10.6 Å². The summed E-state index contributed by atoms with van der Waals surface area (Å²) in [6, 6.07) is 3.08. The number of aromatic nitrogens is 1. The van der Waals surface area contributed by atoms with Crippen LogP contribution in [-0.2, 0) is 12.6 Å². The highest BCUT2D eigenvalue weighted by Crippen LogP contribution is 2.39. The van der Waals surface area contributed by atoms with E-state index in [2.05, 4.69) is 4.98 Å². The van der Waals surface area contributed by atoms with Crippen LogP contribution in [0.15, 0.2) is 23.7 Å². The molecule has 0 amide bonds. The molecule has 3 heterocycles. The lowest BCUT2D eigenvalue weighted by Crippen LogP contribution is -2.34. The molecule has 0 saturated heterocycles. The molecule has 0 aromatic carbocycles. The minimum atomic E-state index is -4.46. The van der Waals surface area contributed by atoms with Crippen LogP contribution in [0, 0.1) is 0 Å². The first-order chi connectivity index (χ1) is 9.88. The second-order valence-electron chi connectivity index (χ2n) is 5.04. The van der Waals surface area contributed by atoms with Crippen molar-refractivity contribution in [2.75, 3.05) is 17.2 Å². The second-order valence-corrected chi connectivity index (χ2v) is 6.05. The Morgan fingerprint density at radius 3 is 2.90 bits per heavy atom. The molecular weight excluding hydrogens is 299 g/mol. The van der Waals surface area contributed by atoms with E-state index in [9.17, 15) is 13.2 Å². The summed E-state index contributed by atoms with van der Waals surface area (Å²) in [7, 11) is 0. The van der Waals surface area contributed by atoms with Crippen LogP contribution in [-0.4, -0.2) is 11.5 Å². The zero-order chi connectivity index (χ0) is 15.2. The van der Waals surface area contributed by atoms with Gasteiger partial charge in [0.05, 0.1) is 23.6 Å². The van der Waals surface area contributed by atoms with E-state index in [0.717, 1.165) is 24.2 Å². The van der Waals surface area contributed by atoms with E-state index in [4.69, 9.17) is 5.73 Å². The molecule has 7 heteroatoms. The van der Waals surface area contributed by atoms with Crippen molar-refractivity contribution in [1.29, 1.82) is 0 Å². The summed E-state index contributed by atoms with van der Waals surface area (Å²) < 4.78 is 38.5. The smallest absolute Gasteiger partial charge is 0.396 e. The normalized spacial score (nSPS) is 18.7. The van der Waals surface area contributed by atoms with E-state index in [1.807, 2.05) is 23.3 Å². The number of alkyl halides is 3. The highest BCUT2D eigenvalue weighted by atomic mass is 32.1. The average Bonchev–Trinajstić information content (AvgIpc) is 2.88. The fraction of sp³-hybridized carbons (Fsp3) is 0.357. The molecule has 21 heavy (non-hydrogen) atoms. The number of pyridine rings is 1. The summed E-state index contributed by atoms with van der Waals surface area (Å²) in [5, 5.41) is 2.02. The zero-order valence-electron chi connectivity index (χ0n) is 11.3. The Morgan fingerprint density at radius 1 is 1.43 bits per heavy atom. The molecule has 1 unspecified atom stereocenters. The van der Waals surface area contributed by atoms with Gasteiger partial charge in [-0.05, 0) is 36.4 Å². The molecule has 1 atom stereocenters. The van der Waals surface area contributed by atoms with Crippen LogP contribution in [0.1, 0.15) is 29.1 Å². The van der Waals surface area contributed by atoms with Crippen molar-refractivity contribution in [3.8, 4) is 0 Å². The van der Waals surface area contributed by atoms with Crippen LogP contribution in [0.5, 0.6) is 0 Å². The lowest BCUT2D eigenvalue weighted by molar-refractivity contribution is -0.141. The third-order valence-corrected chi connectivity index (χ3v) is 4.79. The lowest BCUT2D eigenvalue weighted by atomic mass is 10.0. The zero-order valence-corrected chi connectivity index (χ0v) is 12.1. The highest BCUT2D eigenvalue weighted by Gasteiger charge is 2.34. The fourth-order valence-electron chi connectivity index (χ4n) is 2.70. The minimum absolute atomic E-state index is 0.00536. The van der Waals surface area contributed by atoms with E-state index < -0.39 is 11.9 Å². The summed E-state index contributed by atoms with van der Waals surface area (Å²) in [4.78, 5) is 6.60. The van der Waals surface area contributed by atoms with E-state index in [1.54, 1.807) is 11.3 Å². The van der Waals surface area contributed by atoms with Crippen LogP contribution >= 0.6 is 11.3 Å². The topological polar surface area (TPSA) is 42.2 Å². The summed E-state index contributed by atoms with van der Waals surface area (Å²) in [5.74, 6) is 0. The van der Waals surface area contributed by atoms with Gasteiger partial charge in [0.15, 0.2) is 0 Å². The Balaban J connectivity index is 2.01. The first-order valence-corrected chi connectivity index (χ1v) is 7.41. The van der Waals surface area contributed by atoms with Crippen molar-refractivity contribution in [2.45, 2.75) is 25.6 Å². The molecule has 2 aromatic heterocycles. The van der Waals surface area contributed by atoms with Crippen molar-refractivity contribution in [1.82, 2.24) is 4.98 Å².